The molecule has 1 saturated heterocycles. The normalized spacial score (nSPS) is 13.7. The number of para-hydroxylation sites is 1. The van der Waals surface area contributed by atoms with E-state index in [-0.39, 0.29) is 68.1 Å². The van der Waals surface area contributed by atoms with Crippen LogP contribution in [0.25, 0.3) is 10.4 Å². The van der Waals surface area contributed by atoms with E-state index in [4.69, 9.17) is 33.8 Å². The zero-order chi connectivity index (χ0) is 52.6. The van der Waals surface area contributed by atoms with Gasteiger partial charge in [0.1, 0.15) is 33.0 Å². The first-order valence-corrected chi connectivity index (χ1v) is 27.5. The highest BCUT2D eigenvalue weighted by molar-refractivity contribution is 9.10. The fourth-order valence-corrected chi connectivity index (χ4v) is 10.1. The summed E-state index contributed by atoms with van der Waals surface area (Å²) >= 11 is 4.49. The fraction of sp³-hybridized carbons (Fsp3) is 0.577. The number of thiophene rings is 1. The SMILES string of the molecule is CCCCCCCCCCCCCNC(=O)COCCOOCCOOCCOCCN1C=C(CN(CC2CCN(C(=O)Nc3ccccc3)CC2)c2cccc(-c3sc(C(=O)O)c(OCC(=O)O)c3Br)c2)NN1. The largest absolute Gasteiger partial charge is 0.479 e. The van der Waals surface area contributed by atoms with E-state index in [0.717, 1.165) is 59.7 Å². The van der Waals surface area contributed by atoms with Crippen LogP contribution >= 0.6 is 27.3 Å². The molecule has 20 nitrogen and oxygen atoms in total. The molecule has 3 heterocycles. The van der Waals surface area contributed by atoms with Gasteiger partial charge in [-0.2, -0.15) is 0 Å². The van der Waals surface area contributed by atoms with Crippen molar-refractivity contribution in [3.05, 3.63) is 75.8 Å². The van der Waals surface area contributed by atoms with Gasteiger partial charge in [-0.15, -0.1) is 16.9 Å². The van der Waals surface area contributed by atoms with Crippen LogP contribution in [0.1, 0.15) is 100 Å². The molecule has 3 amide bonds. The van der Waals surface area contributed by atoms with Gasteiger partial charge >= 0.3 is 18.0 Å². The summed E-state index contributed by atoms with van der Waals surface area (Å²) in [6, 6.07) is 17.0. The lowest BCUT2D eigenvalue weighted by Crippen LogP contribution is -2.44. The number of aliphatic carboxylic acids is 1. The predicted octanol–water partition coefficient (Wildman–Crippen LogP) is 8.61. The summed E-state index contributed by atoms with van der Waals surface area (Å²) in [5, 5.41) is 26.9. The molecule has 2 aliphatic heterocycles. The number of carboxylic acid groups (broad SMARTS) is 2. The lowest BCUT2D eigenvalue weighted by atomic mass is 9.96. The van der Waals surface area contributed by atoms with E-state index in [2.05, 4.69) is 49.3 Å². The van der Waals surface area contributed by atoms with E-state index in [1.807, 2.05) is 70.7 Å². The molecule has 410 valence electrons. The topological polar surface area (TPSA) is 231 Å². The smallest absolute Gasteiger partial charge is 0.349 e. The number of unbranched alkanes of at least 4 members (excludes halogenated alkanes) is 10. The minimum absolute atomic E-state index is 0.0176. The van der Waals surface area contributed by atoms with Gasteiger partial charge in [-0.1, -0.05) is 101 Å². The second kappa shape index (κ2) is 35.3. The van der Waals surface area contributed by atoms with Crippen molar-refractivity contribution in [2.45, 2.75) is 90.4 Å². The van der Waals surface area contributed by atoms with Crippen LogP contribution in [-0.4, -0.2) is 143 Å². The number of nitrogens with zero attached hydrogens (tertiary/aromatic N) is 3. The molecule has 0 bridgehead atoms. The van der Waals surface area contributed by atoms with E-state index in [9.17, 15) is 29.4 Å². The van der Waals surface area contributed by atoms with E-state index < -0.39 is 18.5 Å². The number of rotatable bonds is 39. The number of hydrogen-bond donors (Lipinski definition) is 6. The van der Waals surface area contributed by atoms with Gasteiger partial charge in [-0.25, -0.2) is 33.9 Å². The Hall–Kier alpha value is -5.04. The Kier molecular flexibility index (Phi) is 28.5. The maximum Gasteiger partial charge on any atom is 0.349 e. The molecule has 2 aliphatic rings. The van der Waals surface area contributed by atoms with Crippen LogP contribution in [0.15, 0.2) is 71.0 Å². The molecule has 0 spiro atoms. The third-order valence-corrected chi connectivity index (χ3v) is 14.3. The molecule has 3 aromatic rings. The molecule has 6 N–H and O–H groups in total. The van der Waals surface area contributed by atoms with Crippen molar-refractivity contribution in [2.75, 3.05) is 109 Å². The van der Waals surface area contributed by atoms with Crippen molar-refractivity contribution in [2.24, 2.45) is 5.92 Å². The van der Waals surface area contributed by atoms with Gasteiger partial charge in [0.25, 0.3) is 0 Å². The molecule has 5 rings (SSSR count). The first-order valence-electron chi connectivity index (χ1n) is 25.9. The number of ether oxygens (including phenoxy) is 3. The summed E-state index contributed by atoms with van der Waals surface area (Å²) in [7, 11) is 0. The van der Waals surface area contributed by atoms with Gasteiger partial charge in [0.15, 0.2) is 17.2 Å². The molecule has 74 heavy (non-hydrogen) atoms. The second-order valence-electron chi connectivity index (χ2n) is 18.0. The van der Waals surface area contributed by atoms with Crippen LogP contribution < -0.4 is 31.2 Å². The quantitative estimate of drug-likeness (QED) is 0.0178. The highest BCUT2D eigenvalue weighted by Crippen LogP contribution is 2.46. The number of anilines is 2. The maximum atomic E-state index is 13.1. The number of amides is 3. The van der Waals surface area contributed by atoms with E-state index in [1.165, 1.54) is 57.8 Å². The van der Waals surface area contributed by atoms with Crippen molar-refractivity contribution in [1.29, 1.82) is 0 Å². The van der Waals surface area contributed by atoms with Crippen LogP contribution in [0, 0.1) is 5.92 Å². The van der Waals surface area contributed by atoms with Gasteiger partial charge in [-0.3, -0.25) is 9.80 Å². The zero-order valence-electron chi connectivity index (χ0n) is 42.7. The average molecular weight is 1120 g/mol. The molecule has 0 atom stereocenters. The summed E-state index contributed by atoms with van der Waals surface area (Å²) in [6.07, 6.45) is 17.5. The summed E-state index contributed by atoms with van der Waals surface area (Å²) in [5.41, 5.74) is 9.70. The Morgan fingerprint density at radius 1 is 0.784 bits per heavy atom. The highest BCUT2D eigenvalue weighted by atomic mass is 79.9. The van der Waals surface area contributed by atoms with Crippen LogP contribution in [-0.2, 0) is 38.6 Å². The van der Waals surface area contributed by atoms with Crippen molar-refractivity contribution in [1.82, 2.24) is 26.2 Å². The number of aromatic carboxylic acids is 1. The molecule has 22 heteroatoms. The second-order valence-corrected chi connectivity index (χ2v) is 19.8. The molecule has 1 fully saturated rings. The van der Waals surface area contributed by atoms with Crippen molar-refractivity contribution < 1.29 is 63.2 Å². The Balaban J connectivity index is 0.966. The Bertz CT molecular complexity index is 2150. The van der Waals surface area contributed by atoms with Crippen molar-refractivity contribution >= 4 is 62.5 Å². The number of piperidine rings is 1. The van der Waals surface area contributed by atoms with Crippen LogP contribution in [0.2, 0.25) is 0 Å². The molecule has 0 unspecified atom stereocenters. The highest BCUT2D eigenvalue weighted by Gasteiger charge is 2.28. The van der Waals surface area contributed by atoms with Gasteiger partial charge in [-0.05, 0) is 70.9 Å². The third kappa shape index (κ3) is 22.8. The number of hydrogen-bond acceptors (Lipinski definition) is 16. The van der Waals surface area contributed by atoms with E-state index in [0.29, 0.717) is 61.8 Å². The number of hydrazine groups is 2. The fourth-order valence-electron chi connectivity index (χ4n) is 8.23. The maximum absolute atomic E-state index is 13.1. The standard InChI is InChI=1S/C52H76BrN7O13S/c1-2-3-4-5-6-7-8-9-10-11-15-23-54-45(61)38-68-29-31-71-73-33-32-72-70-30-28-67-27-26-60-37-43(56-57-60)36-59(35-40-21-24-58(25-22-40)52(66)55-42-18-13-12-14-19-42)44-20-16-17-41(34-44)49-47(53)48(69-39-46(62)63)50(74-49)51(64)65/h12-14,16-20,34,37,40,56-57H,2-11,15,21-33,35-36,38-39H2,1H3,(H,54,61)(H,55,66)(H,62,63)(H,64,65). The number of carbonyl (C=O) groups is 4. The minimum atomic E-state index is -1.22. The number of carboxylic acids is 2. The molecule has 0 saturated carbocycles. The summed E-state index contributed by atoms with van der Waals surface area (Å²) in [6.45, 7) is 6.72. The molecular formula is C52H76BrN7O13S. The molecular weight excluding hydrogens is 1040 g/mol. The molecule has 0 radical (unpaired) electrons. The number of nitrogens with one attached hydrogen (secondary N) is 4. The van der Waals surface area contributed by atoms with Crippen LogP contribution in [0.4, 0.5) is 16.2 Å². The summed E-state index contributed by atoms with van der Waals surface area (Å²) in [5.74, 6) is -2.35. The lowest BCUT2D eigenvalue weighted by molar-refractivity contribution is -0.344. The van der Waals surface area contributed by atoms with E-state index in [1.54, 1.807) is 0 Å². The number of benzene rings is 2. The van der Waals surface area contributed by atoms with Crippen molar-refractivity contribution in [3.63, 3.8) is 0 Å². The number of carbonyl (C=O) groups excluding carboxylic acids is 2. The Morgan fingerprint density at radius 2 is 1.43 bits per heavy atom. The van der Waals surface area contributed by atoms with Crippen LogP contribution in [0.3, 0.4) is 0 Å². The van der Waals surface area contributed by atoms with Crippen LogP contribution in [0.5, 0.6) is 5.75 Å². The molecule has 0 aliphatic carbocycles. The monoisotopic (exact) mass is 1120 g/mol. The summed E-state index contributed by atoms with van der Waals surface area (Å²) < 4.78 is 16.9. The zero-order valence-corrected chi connectivity index (χ0v) is 45.1. The van der Waals surface area contributed by atoms with E-state index >= 15 is 0 Å². The number of halogens is 1. The lowest BCUT2D eigenvalue weighted by Gasteiger charge is -2.36. The first-order chi connectivity index (χ1) is 36.1. The third-order valence-electron chi connectivity index (χ3n) is 12.1. The minimum Gasteiger partial charge on any atom is -0.479 e. The average Bonchev–Trinajstić information content (AvgIpc) is 4.00. The predicted molar refractivity (Wildman–Crippen MR) is 285 cm³/mol. The van der Waals surface area contributed by atoms with Gasteiger partial charge in [0.05, 0.1) is 48.0 Å². The first kappa shape index (κ1) is 59.8. The van der Waals surface area contributed by atoms with Gasteiger partial charge in [0, 0.05) is 43.8 Å². The molecule has 2 aromatic carbocycles. The number of likely N-dealkylation sites (tertiary alicyclic amines) is 1. The Labute approximate surface area is 447 Å². The Morgan fingerprint density at radius 3 is 2.09 bits per heavy atom. The summed E-state index contributed by atoms with van der Waals surface area (Å²) in [4.78, 5) is 73.5. The van der Waals surface area contributed by atoms with Gasteiger partial charge in [0.2, 0.25) is 5.91 Å². The van der Waals surface area contributed by atoms with Crippen molar-refractivity contribution in [3.8, 4) is 16.2 Å². The number of urea groups is 1. The van der Waals surface area contributed by atoms with Gasteiger partial charge < -0.3 is 50.3 Å². The molecule has 1 aromatic heterocycles.